The predicted molar refractivity (Wildman–Crippen MR) is 62.7 cm³/mol. The SMILES string of the molecule is Nc1n[13cH]nc2c1ncn2[C@@H]1O[C@H](CO)[C@@H](O)[C@H]1O. The van der Waals surface area contributed by atoms with E-state index >= 15 is 0 Å². The molecule has 0 unspecified atom stereocenters. The molecule has 19 heavy (non-hydrogen) atoms. The van der Waals surface area contributed by atoms with Gasteiger partial charge in [0.15, 0.2) is 17.7 Å². The first-order chi connectivity index (χ1) is 9.13. The molecule has 0 aliphatic carbocycles. The molecular weight excluding hydrogens is 255 g/mol. The van der Waals surface area contributed by atoms with Crippen LogP contribution in [0.2, 0.25) is 0 Å². The molecule has 3 rings (SSSR count). The van der Waals surface area contributed by atoms with Crippen LogP contribution in [0.1, 0.15) is 6.23 Å². The van der Waals surface area contributed by atoms with E-state index in [0.717, 1.165) is 0 Å². The average Bonchev–Trinajstić information content (AvgIpc) is 2.94. The summed E-state index contributed by atoms with van der Waals surface area (Å²) in [5, 5.41) is 28.7. The van der Waals surface area contributed by atoms with Gasteiger partial charge < -0.3 is 25.8 Å². The molecule has 0 bridgehead atoms. The zero-order chi connectivity index (χ0) is 13.6. The third-order valence-corrected chi connectivity index (χ3v) is 3.18. The van der Waals surface area contributed by atoms with Crippen molar-refractivity contribution in [2.24, 2.45) is 0 Å². The van der Waals surface area contributed by atoms with Gasteiger partial charge in [-0.2, -0.15) is 0 Å². The number of nitrogens with zero attached hydrogens (tertiary/aromatic N) is 4. The van der Waals surface area contributed by atoms with Crippen LogP contribution >= 0.6 is 0 Å². The molecule has 9 nitrogen and oxygen atoms in total. The topological polar surface area (TPSA) is 140 Å². The van der Waals surface area contributed by atoms with E-state index in [-0.39, 0.29) is 5.82 Å². The second kappa shape index (κ2) is 4.38. The zero-order valence-electron chi connectivity index (χ0n) is 9.79. The molecule has 0 spiro atoms. The van der Waals surface area contributed by atoms with Gasteiger partial charge in [-0.15, -0.1) is 0 Å². The van der Waals surface area contributed by atoms with E-state index in [0.29, 0.717) is 11.2 Å². The van der Waals surface area contributed by atoms with Crippen LogP contribution in [-0.2, 0) is 4.74 Å². The highest BCUT2D eigenvalue weighted by atomic mass is 16.6. The van der Waals surface area contributed by atoms with E-state index in [2.05, 4.69) is 15.0 Å². The first-order valence-corrected chi connectivity index (χ1v) is 5.69. The normalized spacial score (nSPS) is 31.1. The van der Waals surface area contributed by atoms with Crippen molar-refractivity contribution in [1.29, 1.82) is 0 Å². The summed E-state index contributed by atoms with van der Waals surface area (Å²) in [5.41, 5.74) is 6.44. The van der Waals surface area contributed by atoms with Crippen LogP contribution < -0.4 is 5.73 Å². The fourth-order valence-corrected chi connectivity index (χ4v) is 2.17. The monoisotopic (exact) mass is 268 g/mol. The van der Waals surface area contributed by atoms with E-state index in [9.17, 15) is 10.2 Å². The summed E-state index contributed by atoms with van der Waals surface area (Å²) in [6.45, 7) is -0.390. The van der Waals surface area contributed by atoms with Gasteiger partial charge >= 0.3 is 0 Å². The number of imidazole rings is 1. The van der Waals surface area contributed by atoms with Crippen molar-refractivity contribution in [2.75, 3.05) is 12.3 Å². The van der Waals surface area contributed by atoms with E-state index in [1.54, 1.807) is 0 Å². The number of aromatic nitrogens is 4. The number of anilines is 1. The van der Waals surface area contributed by atoms with E-state index in [1.807, 2.05) is 0 Å². The molecule has 1 saturated heterocycles. The smallest absolute Gasteiger partial charge is 0.167 e. The lowest BCUT2D eigenvalue weighted by Gasteiger charge is -2.16. The standard InChI is InChI=1S/C10H13N5O4/c11-8-5-9(13-2-12-8)15(3-14-5)10-7(18)6(17)4(1-16)19-10/h2-4,6-7,10,16-18H,1H2,(H2,11,12,13)/t4-,6-,7-,10-/m1/s1/i2+1. The second-order valence-electron chi connectivity index (χ2n) is 4.31. The quantitative estimate of drug-likeness (QED) is 0.491. The number of fused-ring (bicyclic) bond motifs is 1. The van der Waals surface area contributed by atoms with Crippen LogP contribution in [0.25, 0.3) is 11.2 Å². The maximum Gasteiger partial charge on any atom is 0.167 e. The Morgan fingerprint density at radius 3 is 2.74 bits per heavy atom. The third kappa shape index (κ3) is 1.75. The van der Waals surface area contributed by atoms with Gasteiger partial charge in [0, 0.05) is 0 Å². The Morgan fingerprint density at radius 2 is 2.05 bits per heavy atom. The molecule has 0 saturated carbocycles. The number of aliphatic hydroxyl groups is 3. The van der Waals surface area contributed by atoms with Crippen molar-refractivity contribution in [1.82, 2.24) is 19.5 Å². The molecule has 0 aromatic carbocycles. The summed E-state index contributed by atoms with van der Waals surface area (Å²) in [6.07, 6.45) is -1.42. The summed E-state index contributed by atoms with van der Waals surface area (Å²) >= 11 is 0. The van der Waals surface area contributed by atoms with Gasteiger partial charge in [0.1, 0.15) is 30.2 Å². The minimum atomic E-state index is -1.19. The lowest BCUT2D eigenvalue weighted by Crippen LogP contribution is -2.33. The van der Waals surface area contributed by atoms with E-state index in [1.165, 1.54) is 17.2 Å². The summed E-state index contributed by atoms with van der Waals surface area (Å²) < 4.78 is 6.85. The van der Waals surface area contributed by atoms with Gasteiger partial charge in [0.25, 0.3) is 0 Å². The highest BCUT2D eigenvalue weighted by Gasteiger charge is 2.43. The maximum atomic E-state index is 9.95. The van der Waals surface area contributed by atoms with Crippen molar-refractivity contribution >= 4 is 17.0 Å². The Bertz CT molecular complexity index is 603. The molecule has 1 aliphatic rings. The van der Waals surface area contributed by atoms with E-state index < -0.39 is 31.1 Å². The van der Waals surface area contributed by atoms with Crippen molar-refractivity contribution in [3.63, 3.8) is 0 Å². The fourth-order valence-electron chi connectivity index (χ4n) is 2.17. The van der Waals surface area contributed by atoms with Crippen molar-refractivity contribution in [3.05, 3.63) is 12.7 Å². The van der Waals surface area contributed by atoms with Crippen LogP contribution in [-0.4, -0.2) is 59.8 Å². The molecule has 4 atom stereocenters. The number of ether oxygens (including phenoxy) is 1. The van der Waals surface area contributed by atoms with Crippen LogP contribution in [0.3, 0.4) is 0 Å². The number of nitrogens with two attached hydrogens (primary N) is 1. The molecule has 102 valence electrons. The first-order valence-electron chi connectivity index (χ1n) is 5.69. The van der Waals surface area contributed by atoms with Gasteiger partial charge in [-0.1, -0.05) is 0 Å². The van der Waals surface area contributed by atoms with Crippen LogP contribution in [0, 0.1) is 0 Å². The highest BCUT2D eigenvalue weighted by Crippen LogP contribution is 2.31. The van der Waals surface area contributed by atoms with Gasteiger partial charge in [-0.25, -0.2) is 15.0 Å². The highest BCUT2D eigenvalue weighted by molar-refractivity contribution is 5.81. The summed E-state index contributed by atoms with van der Waals surface area (Å²) in [5.74, 6) is 0.218. The zero-order valence-corrected chi connectivity index (χ0v) is 9.79. The van der Waals surface area contributed by atoms with E-state index in [4.69, 9.17) is 15.6 Å². The largest absolute Gasteiger partial charge is 0.394 e. The first kappa shape index (κ1) is 12.2. The summed E-state index contributed by atoms with van der Waals surface area (Å²) in [6, 6.07) is 0. The average molecular weight is 268 g/mol. The minimum Gasteiger partial charge on any atom is -0.394 e. The molecule has 0 radical (unpaired) electrons. The Labute approximate surface area is 107 Å². The number of aliphatic hydroxyl groups excluding tert-OH is 3. The van der Waals surface area contributed by atoms with Gasteiger partial charge in [-0.05, 0) is 0 Å². The van der Waals surface area contributed by atoms with Crippen LogP contribution in [0.5, 0.6) is 0 Å². The molecule has 0 amide bonds. The van der Waals surface area contributed by atoms with Crippen molar-refractivity contribution in [3.8, 4) is 0 Å². The molecule has 3 heterocycles. The molecule has 9 heteroatoms. The summed E-state index contributed by atoms with van der Waals surface area (Å²) in [7, 11) is 0. The number of hydrogen-bond acceptors (Lipinski definition) is 8. The molecule has 2 aromatic heterocycles. The molecular formula is C10H13N5O4. The molecule has 5 N–H and O–H groups in total. The Kier molecular flexibility index (Phi) is 2.82. The Morgan fingerprint density at radius 1 is 1.26 bits per heavy atom. The number of nitrogen functional groups attached to an aromatic ring is 1. The number of hydrogen-bond donors (Lipinski definition) is 4. The van der Waals surface area contributed by atoms with Gasteiger partial charge in [0.2, 0.25) is 0 Å². The van der Waals surface area contributed by atoms with Crippen LogP contribution in [0.15, 0.2) is 12.7 Å². The fraction of sp³-hybridized carbons (Fsp3) is 0.500. The summed E-state index contributed by atoms with van der Waals surface area (Å²) in [4.78, 5) is 11.9. The Hall–Kier alpha value is -1.81. The lowest BCUT2D eigenvalue weighted by atomic mass is 10.1. The second-order valence-corrected chi connectivity index (χ2v) is 4.31. The minimum absolute atomic E-state index is 0.218. The third-order valence-electron chi connectivity index (χ3n) is 3.18. The maximum absolute atomic E-state index is 9.95. The number of rotatable bonds is 2. The van der Waals surface area contributed by atoms with Gasteiger partial charge in [-0.3, -0.25) is 4.57 Å². The van der Waals surface area contributed by atoms with Gasteiger partial charge in [0.05, 0.1) is 12.9 Å². The van der Waals surface area contributed by atoms with Crippen molar-refractivity contribution < 1.29 is 20.1 Å². The van der Waals surface area contributed by atoms with Crippen LogP contribution in [0.4, 0.5) is 5.82 Å². The van der Waals surface area contributed by atoms with Crippen molar-refractivity contribution in [2.45, 2.75) is 24.5 Å². The Balaban J connectivity index is 2.04. The molecule has 2 aromatic rings. The molecule has 1 aliphatic heterocycles. The predicted octanol–water partition coefficient (Wildman–Crippen LogP) is -1.98. The molecule has 1 fully saturated rings. The lowest BCUT2D eigenvalue weighted by molar-refractivity contribution is -0.0511.